The molecule has 1 N–H and O–H groups in total. The molecule has 1 saturated heterocycles. The van der Waals surface area contributed by atoms with Crippen molar-refractivity contribution in [3.8, 4) is 5.75 Å². The summed E-state index contributed by atoms with van der Waals surface area (Å²) in [5.41, 5.74) is 0.908. The molecule has 35 heavy (non-hydrogen) atoms. The molecule has 1 fully saturated rings. The smallest absolute Gasteiger partial charge is 0.257 e. The lowest BCUT2D eigenvalue weighted by Crippen LogP contribution is -2.48. The Balaban J connectivity index is 1.90. The normalized spacial score (nSPS) is 24.6. The first-order valence-electron chi connectivity index (χ1n) is 12.5. The van der Waals surface area contributed by atoms with Crippen LogP contribution in [0.4, 0.5) is 5.69 Å². The van der Waals surface area contributed by atoms with E-state index in [1.54, 1.807) is 37.3 Å². The molecule has 3 atom stereocenters. The van der Waals surface area contributed by atoms with Gasteiger partial charge in [-0.1, -0.05) is 13.8 Å². The maximum Gasteiger partial charge on any atom is 0.257 e. The van der Waals surface area contributed by atoms with E-state index >= 15 is 0 Å². The Labute approximate surface area is 208 Å². The number of nitrogens with one attached hydrogen (secondary N) is 1. The predicted molar refractivity (Wildman–Crippen MR) is 132 cm³/mol. The third-order valence-electron chi connectivity index (χ3n) is 6.93. The first kappa shape index (κ1) is 26.9. The highest BCUT2D eigenvalue weighted by Gasteiger charge is 2.30. The summed E-state index contributed by atoms with van der Waals surface area (Å²) in [7, 11) is 3.35. The van der Waals surface area contributed by atoms with Crippen molar-refractivity contribution in [3.05, 3.63) is 23.8 Å². The summed E-state index contributed by atoms with van der Waals surface area (Å²) >= 11 is 0. The van der Waals surface area contributed by atoms with Crippen LogP contribution in [0.5, 0.6) is 5.75 Å². The summed E-state index contributed by atoms with van der Waals surface area (Å²) in [6.45, 7) is 8.10. The molecule has 0 radical (unpaired) electrons. The Morgan fingerprint density at radius 3 is 2.54 bits per heavy atom. The van der Waals surface area contributed by atoms with Gasteiger partial charge in [0.1, 0.15) is 12.4 Å². The van der Waals surface area contributed by atoms with Crippen LogP contribution in [0.25, 0.3) is 0 Å². The minimum atomic E-state index is -0.247. The number of benzene rings is 1. The Bertz CT molecular complexity index is 901. The molecule has 1 aromatic rings. The van der Waals surface area contributed by atoms with E-state index in [4.69, 9.17) is 14.2 Å². The van der Waals surface area contributed by atoms with E-state index in [0.29, 0.717) is 62.6 Å². The highest BCUT2D eigenvalue weighted by atomic mass is 16.5. The van der Waals surface area contributed by atoms with Gasteiger partial charge in [-0.05, 0) is 38.0 Å². The van der Waals surface area contributed by atoms with Gasteiger partial charge in [-0.2, -0.15) is 0 Å². The monoisotopic (exact) mass is 489 g/mol. The maximum atomic E-state index is 13.5. The second kappa shape index (κ2) is 12.4. The predicted octanol–water partition coefficient (Wildman–Crippen LogP) is 2.79. The summed E-state index contributed by atoms with van der Waals surface area (Å²) in [6, 6.07) is 4.94. The molecular weight excluding hydrogens is 450 g/mol. The molecule has 9 heteroatoms. The number of amides is 3. The van der Waals surface area contributed by atoms with Crippen molar-refractivity contribution < 1.29 is 28.6 Å². The van der Waals surface area contributed by atoms with Crippen LogP contribution in [0.1, 0.15) is 50.4 Å². The van der Waals surface area contributed by atoms with Gasteiger partial charge in [0.05, 0.1) is 17.7 Å². The molecule has 194 valence electrons. The molecule has 0 aliphatic carbocycles. The summed E-state index contributed by atoms with van der Waals surface area (Å²) in [5, 5.41) is 2.95. The summed E-state index contributed by atoms with van der Waals surface area (Å²) in [6.07, 6.45) is 1.52. The number of rotatable bonds is 4. The molecule has 2 aliphatic rings. The fourth-order valence-electron chi connectivity index (χ4n) is 4.61. The number of hydrogen-bond acceptors (Lipinski definition) is 6. The third-order valence-corrected chi connectivity index (χ3v) is 6.93. The second-order valence-corrected chi connectivity index (χ2v) is 9.58. The van der Waals surface area contributed by atoms with Gasteiger partial charge < -0.3 is 29.3 Å². The Kier molecular flexibility index (Phi) is 9.51. The zero-order valence-corrected chi connectivity index (χ0v) is 21.5. The van der Waals surface area contributed by atoms with Gasteiger partial charge in [0.15, 0.2) is 0 Å². The van der Waals surface area contributed by atoms with E-state index in [-0.39, 0.29) is 48.3 Å². The molecule has 0 spiro atoms. The number of ether oxygens (including phenoxy) is 3. The van der Waals surface area contributed by atoms with E-state index in [9.17, 15) is 14.4 Å². The zero-order chi connectivity index (χ0) is 25.5. The zero-order valence-electron chi connectivity index (χ0n) is 21.5. The van der Waals surface area contributed by atoms with E-state index in [2.05, 4.69) is 5.32 Å². The Morgan fingerprint density at radius 1 is 1.17 bits per heavy atom. The van der Waals surface area contributed by atoms with Crippen LogP contribution >= 0.6 is 0 Å². The van der Waals surface area contributed by atoms with E-state index in [1.165, 1.54) is 0 Å². The van der Waals surface area contributed by atoms with Gasteiger partial charge >= 0.3 is 0 Å². The average Bonchev–Trinajstić information content (AvgIpc) is 2.88. The van der Waals surface area contributed by atoms with Crippen molar-refractivity contribution >= 4 is 23.4 Å². The second-order valence-electron chi connectivity index (χ2n) is 9.58. The molecule has 1 aromatic carbocycles. The lowest BCUT2D eigenvalue weighted by atomic mass is 9.99. The number of anilines is 1. The summed E-state index contributed by atoms with van der Waals surface area (Å²) in [4.78, 5) is 42.3. The highest BCUT2D eigenvalue weighted by molar-refractivity contribution is 5.99. The largest absolute Gasteiger partial charge is 0.491 e. The Morgan fingerprint density at radius 2 is 1.89 bits per heavy atom. The van der Waals surface area contributed by atoms with Gasteiger partial charge in [0.25, 0.3) is 5.91 Å². The molecule has 0 saturated carbocycles. The lowest BCUT2D eigenvalue weighted by Gasteiger charge is -2.36. The molecule has 2 heterocycles. The van der Waals surface area contributed by atoms with Gasteiger partial charge in [0.2, 0.25) is 11.8 Å². The van der Waals surface area contributed by atoms with Crippen LogP contribution in [0.2, 0.25) is 0 Å². The third kappa shape index (κ3) is 6.73. The van der Waals surface area contributed by atoms with Crippen molar-refractivity contribution in [2.24, 2.45) is 11.8 Å². The standard InChI is InChI=1S/C26H39N3O6/c1-6-24(30)29-14-17(2)23(33-5)15-28(4)26(32)21-13-20(7-8-22(21)35-16-18(29)3)27-25(31)19-9-11-34-12-10-19/h7-8,13,17-19,23H,6,9-12,14-16H2,1-5H3,(H,27,31)/t17-,18-,23+/m1/s1. The highest BCUT2D eigenvalue weighted by Crippen LogP contribution is 2.27. The summed E-state index contributed by atoms with van der Waals surface area (Å²) in [5.74, 6) is 0.0910. The number of carbonyl (C=O) groups is 3. The molecule has 0 unspecified atom stereocenters. The minimum absolute atomic E-state index is 0.0113. The minimum Gasteiger partial charge on any atom is -0.491 e. The number of fused-ring (bicyclic) bond motifs is 1. The fourth-order valence-corrected chi connectivity index (χ4v) is 4.61. The molecular formula is C26H39N3O6. The molecule has 0 bridgehead atoms. The number of methoxy groups -OCH3 is 1. The van der Waals surface area contributed by atoms with Crippen LogP contribution in [-0.2, 0) is 19.1 Å². The van der Waals surface area contributed by atoms with Crippen LogP contribution in [-0.4, -0.2) is 86.7 Å². The van der Waals surface area contributed by atoms with Crippen LogP contribution in [0.15, 0.2) is 18.2 Å². The van der Waals surface area contributed by atoms with Crippen LogP contribution in [0, 0.1) is 11.8 Å². The molecule has 2 aliphatic heterocycles. The molecule has 0 aromatic heterocycles. The first-order chi connectivity index (χ1) is 16.7. The molecule has 3 rings (SSSR count). The van der Waals surface area contributed by atoms with Gasteiger partial charge in [-0.3, -0.25) is 14.4 Å². The first-order valence-corrected chi connectivity index (χ1v) is 12.5. The molecule has 9 nitrogen and oxygen atoms in total. The Hall–Kier alpha value is -2.65. The number of carbonyl (C=O) groups excluding carboxylic acids is 3. The maximum absolute atomic E-state index is 13.5. The van der Waals surface area contributed by atoms with Gasteiger partial charge in [-0.15, -0.1) is 0 Å². The van der Waals surface area contributed by atoms with Crippen molar-refractivity contribution in [2.45, 2.75) is 52.2 Å². The topological polar surface area (TPSA) is 97.4 Å². The quantitative estimate of drug-likeness (QED) is 0.699. The van der Waals surface area contributed by atoms with E-state index in [1.807, 2.05) is 25.7 Å². The van der Waals surface area contributed by atoms with Crippen molar-refractivity contribution in [1.82, 2.24) is 9.80 Å². The SMILES string of the molecule is CCC(=O)N1C[C@@H](C)[C@@H](OC)CN(C)C(=O)c2cc(NC(=O)C3CCOCC3)ccc2OC[C@H]1C. The van der Waals surface area contributed by atoms with Gasteiger partial charge in [0, 0.05) is 64.4 Å². The fraction of sp³-hybridized carbons (Fsp3) is 0.654. The van der Waals surface area contributed by atoms with Crippen molar-refractivity contribution in [3.63, 3.8) is 0 Å². The van der Waals surface area contributed by atoms with Gasteiger partial charge in [-0.25, -0.2) is 0 Å². The average molecular weight is 490 g/mol. The van der Waals surface area contributed by atoms with E-state index in [0.717, 1.165) is 0 Å². The van der Waals surface area contributed by atoms with Crippen molar-refractivity contribution in [1.29, 1.82) is 0 Å². The van der Waals surface area contributed by atoms with E-state index < -0.39 is 0 Å². The van der Waals surface area contributed by atoms with Crippen molar-refractivity contribution in [2.75, 3.05) is 52.4 Å². The lowest BCUT2D eigenvalue weighted by molar-refractivity contribution is -0.135. The number of nitrogens with zero attached hydrogens (tertiary/aromatic N) is 2. The molecule has 3 amide bonds. The van der Waals surface area contributed by atoms with Crippen LogP contribution < -0.4 is 10.1 Å². The number of hydrogen-bond donors (Lipinski definition) is 1. The van der Waals surface area contributed by atoms with Crippen LogP contribution in [0.3, 0.4) is 0 Å². The number of likely N-dealkylation sites (N-methyl/N-ethyl adjacent to an activating group) is 1. The summed E-state index contributed by atoms with van der Waals surface area (Å²) < 4.78 is 17.2.